The molecule has 0 saturated carbocycles. The largest absolute Gasteiger partial charge is 0.320 e. The summed E-state index contributed by atoms with van der Waals surface area (Å²) in [5.74, 6) is 0.396. The number of nitrogens with one attached hydrogen (secondary N) is 1. The molecule has 0 radical (unpaired) electrons. The molecule has 1 N–H and O–H groups in total. The molecule has 1 aliphatic heterocycles. The summed E-state index contributed by atoms with van der Waals surface area (Å²) in [7, 11) is 0. The number of benzene rings is 1. The van der Waals surface area contributed by atoms with Gasteiger partial charge < -0.3 is 9.88 Å². The van der Waals surface area contributed by atoms with E-state index >= 15 is 0 Å². The van der Waals surface area contributed by atoms with E-state index in [4.69, 9.17) is 0 Å². The predicted molar refractivity (Wildman–Crippen MR) is 115 cm³/mol. The molecule has 0 aliphatic carbocycles. The molecule has 0 fully saturated rings. The zero-order valence-electron chi connectivity index (χ0n) is 16.3. The van der Waals surface area contributed by atoms with Crippen molar-refractivity contribution in [2.75, 3.05) is 6.54 Å². The molecule has 6 nitrogen and oxygen atoms in total. The van der Waals surface area contributed by atoms with Crippen molar-refractivity contribution in [1.82, 2.24) is 24.4 Å². The Bertz CT molecular complexity index is 1320. The van der Waals surface area contributed by atoms with Gasteiger partial charge in [0.05, 0.1) is 11.2 Å². The zero-order valence-corrected chi connectivity index (χ0v) is 16.3. The van der Waals surface area contributed by atoms with Crippen LogP contribution in [0.1, 0.15) is 16.8 Å². The van der Waals surface area contributed by atoms with Gasteiger partial charge in [-0.3, -0.25) is 9.36 Å². The number of halogens is 1. The molecule has 5 rings (SSSR count). The first-order valence-corrected chi connectivity index (χ1v) is 9.79. The lowest BCUT2D eigenvalue weighted by Crippen LogP contribution is -2.23. The third kappa shape index (κ3) is 2.95. The van der Waals surface area contributed by atoms with Gasteiger partial charge in [-0.2, -0.15) is 0 Å². The van der Waals surface area contributed by atoms with Gasteiger partial charge in [0.25, 0.3) is 5.56 Å². The van der Waals surface area contributed by atoms with Crippen LogP contribution in [0.15, 0.2) is 60.3 Å². The van der Waals surface area contributed by atoms with Gasteiger partial charge in [0.1, 0.15) is 6.67 Å². The van der Waals surface area contributed by atoms with E-state index in [-0.39, 0.29) is 5.56 Å². The summed E-state index contributed by atoms with van der Waals surface area (Å²) in [6, 6.07) is 9.32. The van der Waals surface area contributed by atoms with E-state index in [9.17, 15) is 9.18 Å². The summed E-state index contributed by atoms with van der Waals surface area (Å²) in [5, 5.41) is 4.59. The molecule has 0 amide bonds. The SMILES string of the molecule is C=Cn1c2c(c3ccc(-n4ccc(-c5ncc(CF)cn5)cc4=O)cc31)CNCC2. The van der Waals surface area contributed by atoms with Crippen molar-refractivity contribution in [3.05, 3.63) is 82.7 Å². The number of alkyl halides is 1. The first-order valence-electron chi connectivity index (χ1n) is 9.79. The quantitative estimate of drug-likeness (QED) is 0.569. The number of hydrogen-bond donors (Lipinski definition) is 1. The van der Waals surface area contributed by atoms with Crippen LogP contribution in [0.3, 0.4) is 0 Å². The number of hydrogen-bond acceptors (Lipinski definition) is 4. The summed E-state index contributed by atoms with van der Waals surface area (Å²) < 4.78 is 16.4. The lowest BCUT2D eigenvalue weighted by molar-refractivity contribution is 0.483. The maximum atomic E-state index is 12.8. The van der Waals surface area contributed by atoms with Crippen molar-refractivity contribution in [3.63, 3.8) is 0 Å². The molecule has 1 aliphatic rings. The van der Waals surface area contributed by atoms with E-state index in [1.807, 2.05) is 18.3 Å². The van der Waals surface area contributed by atoms with Crippen molar-refractivity contribution in [3.8, 4) is 17.1 Å². The third-order valence-electron chi connectivity index (χ3n) is 5.54. The van der Waals surface area contributed by atoms with Gasteiger partial charge in [-0.05, 0) is 23.8 Å². The smallest absolute Gasteiger partial charge is 0.255 e. The number of aromatic nitrogens is 4. The number of nitrogens with zero attached hydrogens (tertiary/aromatic N) is 4. The Labute approximate surface area is 172 Å². The summed E-state index contributed by atoms with van der Waals surface area (Å²) in [6.07, 6.45) is 7.36. The maximum absolute atomic E-state index is 12.8. The van der Waals surface area contributed by atoms with E-state index in [0.717, 1.165) is 30.7 Å². The van der Waals surface area contributed by atoms with Crippen LogP contribution in [-0.4, -0.2) is 25.6 Å². The fourth-order valence-electron chi connectivity index (χ4n) is 4.07. The maximum Gasteiger partial charge on any atom is 0.255 e. The van der Waals surface area contributed by atoms with Crippen LogP contribution < -0.4 is 10.9 Å². The number of pyridine rings is 1. The monoisotopic (exact) mass is 401 g/mol. The fourth-order valence-corrected chi connectivity index (χ4v) is 4.07. The first kappa shape index (κ1) is 18.4. The van der Waals surface area contributed by atoms with E-state index < -0.39 is 6.67 Å². The minimum absolute atomic E-state index is 0.187. The van der Waals surface area contributed by atoms with Crippen LogP contribution in [0.5, 0.6) is 0 Å². The lowest BCUT2D eigenvalue weighted by Gasteiger charge is -2.14. The van der Waals surface area contributed by atoms with E-state index in [2.05, 4.69) is 32.5 Å². The van der Waals surface area contributed by atoms with Crippen molar-refractivity contribution in [2.45, 2.75) is 19.6 Å². The molecular weight excluding hydrogens is 381 g/mol. The van der Waals surface area contributed by atoms with Crippen LogP contribution >= 0.6 is 0 Å². The average Bonchev–Trinajstić information content (AvgIpc) is 3.12. The van der Waals surface area contributed by atoms with Crippen LogP contribution in [0.2, 0.25) is 0 Å². The van der Waals surface area contributed by atoms with Crippen LogP contribution in [0.25, 0.3) is 34.2 Å². The Morgan fingerprint density at radius 3 is 2.77 bits per heavy atom. The van der Waals surface area contributed by atoms with E-state index in [1.165, 1.54) is 35.1 Å². The summed E-state index contributed by atoms with van der Waals surface area (Å²) in [4.78, 5) is 21.1. The predicted octanol–water partition coefficient (Wildman–Crippen LogP) is 3.46. The van der Waals surface area contributed by atoms with Crippen molar-refractivity contribution >= 4 is 17.1 Å². The third-order valence-corrected chi connectivity index (χ3v) is 5.54. The highest BCUT2D eigenvalue weighted by Crippen LogP contribution is 2.30. The Morgan fingerprint density at radius 2 is 2.03 bits per heavy atom. The highest BCUT2D eigenvalue weighted by Gasteiger charge is 2.19. The van der Waals surface area contributed by atoms with E-state index in [1.54, 1.807) is 16.8 Å². The van der Waals surface area contributed by atoms with Crippen molar-refractivity contribution < 1.29 is 4.39 Å². The zero-order chi connectivity index (χ0) is 20.7. The molecule has 7 heteroatoms. The average molecular weight is 401 g/mol. The second-order valence-corrected chi connectivity index (χ2v) is 7.28. The molecule has 1 aromatic carbocycles. The molecule has 150 valence electrons. The minimum atomic E-state index is -0.615. The molecule has 4 aromatic rings. The molecular formula is C23H20FN5O. The summed E-state index contributed by atoms with van der Waals surface area (Å²) >= 11 is 0. The Hall–Kier alpha value is -3.58. The first-order chi connectivity index (χ1) is 14.7. The normalized spacial score (nSPS) is 13.4. The van der Waals surface area contributed by atoms with Crippen molar-refractivity contribution in [2.24, 2.45) is 0 Å². The molecule has 0 bridgehead atoms. The number of rotatable bonds is 4. The number of fused-ring (bicyclic) bond motifs is 3. The molecule has 4 heterocycles. The summed E-state index contributed by atoms with van der Waals surface area (Å²) in [6.45, 7) is 5.14. The Morgan fingerprint density at radius 1 is 1.20 bits per heavy atom. The molecule has 0 saturated heterocycles. The van der Waals surface area contributed by atoms with E-state index in [0.29, 0.717) is 17.0 Å². The summed E-state index contributed by atoms with van der Waals surface area (Å²) in [5.41, 5.74) is 5.19. The molecule has 30 heavy (non-hydrogen) atoms. The Balaban J connectivity index is 1.58. The lowest BCUT2D eigenvalue weighted by atomic mass is 10.1. The highest BCUT2D eigenvalue weighted by atomic mass is 19.1. The van der Waals surface area contributed by atoms with Crippen molar-refractivity contribution in [1.29, 1.82) is 0 Å². The highest BCUT2D eigenvalue weighted by molar-refractivity contribution is 5.89. The van der Waals surface area contributed by atoms with Gasteiger partial charge in [-0.25, -0.2) is 14.4 Å². The van der Waals surface area contributed by atoms with Gasteiger partial charge >= 0.3 is 0 Å². The van der Waals surface area contributed by atoms with Gasteiger partial charge in [-0.1, -0.05) is 12.6 Å². The van der Waals surface area contributed by atoms with Gasteiger partial charge in [-0.15, -0.1) is 0 Å². The van der Waals surface area contributed by atoms with Crippen LogP contribution in [0.4, 0.5) is 4.39 Å². The fraction of sp³-hybridized carbons (Fsp3) is 0.174. The van der Waals surface area contributed by atoms with Gasteiger partial charge in [0.2, 0.25) is 0 Å². The second kappa shape index (κ2) is 7.35. The second-order valence-electron chi connectivity index (χ2n) is 7.28. The minimum Gasteiger partial charge on any atom is -0.320 e. The van der Waals surface area contributed by atoms with Gasteiger partial charge in [0.15, 0.2) is 5.82 Å². The van der Waals surface area contributed by atoms with Crippen LogP contribution in [-0.2, 0) is 19.6 Å². The molecule has 0 unspecified atom stereocenters. The van der Waals surface area contributed by atoms with Gasteiger partial charge in [0, 0.05) is 72.6 Å². The molecule has 0 atom stereocenters. The molecule has 0 spiro atoms. The standard InChI is InChI=1S/C23H20FN5O/c1-2-28-20-5-7-25-14-19(20)18-4-3-17(10-21(18)28)29-8-6-16(9-22(29)30)23-26-12-15(11-24)13-27-23/h2-4,6,8-10,12-13,25H,1,5,7,11,14H2. The molecule has 3 aromatic heterocycles. The van der Waals surface area contributed by atoms with Crippen LogP contribution in [0, 0.1) is 0 Å². The topological polar surface area (TPSA) is 64.7 Å². The Kier molecular flexibility index (Phi) is 4.52.